The highest BCUT2D eigenvalue weighted by Crippen LogP contribution is 1.76. The number of hydrogen-bond donors (Lipinski definition) is 2. The highest BCUT2D eigenvalue weighted by Gasteiger charge is 1.92. The van der Waals surface area contributed by atoms with Crippen LogP contribution in [-0.4, -0.2) is 32.2 Å². The molecule has 0 spiro atoms. The molecule has 0 saturated heterocycles. The fourth-order valence-electron chi connectivity index (χ4n) is 0.646. The molecule has 0 rings (SSSR count). The Labute approximate surface area is 72.8 Å². The van der Waals surface area contributed by atoms with Gasteiger partial charge in [0.1, 0.15) is 6.61 Å². The van der Waals surface area contributed by atoms with Crippen molar-refractivity contribution >= 4 is 5.91 Å². The third-order valence-corrected chi connectivity index (χ3v) is 1.19. The molecule has 4 heteroatoms. The van der Waals surface area contributed by atoms with Crippen molar-refractivity contribution in [2.45, 2.75) is 6.42 Å². The summed E-state index contributed by atoms with van der Waals surface area (Å²) in [6.45, 7) is 5.73. The molecule has 0 saturated carbocycles. The van der Waals surface area contributed by atoms with Crippen LogP contribution in [0.5, 0.6) is 0 Å². The zero-order chi connectivity index (χ0) is 9.23. The normalized spacial score (nSPS) is 9.67. The van der Waals surface area contributed by atoms with Crippen LogP contribution in [0.1, 0.15) is 6.42 Å². The number of carbonyl (C=O) groups is 1. The van der Waals surface area contributed by atoms with Crippen molar-refractivity contribution in [3.8, 4) is 0 Å². The van der Waals surface area contributed by atoms with Crippen LogP contribution in [0, 0.1) is 0 Å². The maximum atomic E-state index is 10.2. The third kappa shape index (κ3) is 9.13. The molecule has 0 aromatic carbocycles. The lowest BCUT2D eigenvalue weighted by Gasteiger charge is -2.02. The predicted octanol–water partition coefficient (Wildman–Crippen LogP) is -0.346. The molecule has 0 atom stereocenters. The lowest BCUT2D eigenvalue weighted by Crippen LogP contribution is -2.24. The van der Waals surface area contributed by atoms with Gasteiger partial charge in [-0.05, 0) is 13.0 Å². The van der Waals surface area contributed by atoms with Crippen LogP contribution < -0.4 is 11.1 Å². The Morgan fingerprint density at radius 3 is 2.92 bits per heavy atom. The van der Waals surface area contributed by atoms with Crippen molar-refractivity contribution in [2.24, 2.45) is 5.73 Å². The van der Waals surface area contributed by atoms with Crippen LogP contribution in [0.2, 0.25) is 0 Å². The van der Waals surface area contributed by atoms with Crippen molar-refractivity contribution in [3.05, 3.63) is 12.7 Å². The largest absolute Gasteiger partial charge is 0.370 e. The zero-order valence-corrected chi connectivity index (χ0v) is 7.21. The molecule has 1 amide bonds. The molecule has 0 aliphatic carbocycles. The van der Waals surface area contributed by atoms with Gasteiger partial charge in [0.05, 0.1) is 6.61 Å². The summed E-state index contributed by atoms with van der Waals surface area (Å²) in [6, 6.07) is 0. The summed E-state index contributed by atoms with van der Waals surface area (Å²) in [5.41, 5.74) is 4.86. The average Bonchev–Trinajstić information content (AvgIpc) is 2.02. The van der Waals surface area contributed by atoms with Gasteiger partial charge in [-0.25, -0.2) is 0 Å². The van der Waals surface area contributed by atoms with E-state index in [0.717, 1.165) is 19.5 Å². The predicted molar refractivity (Wildman–Crippen MR) is 47.7 cm³/mol. The second-order valence-electron chi connectivity index (χ2n) is 2.35. The first-order valence-corrected chi connectivity index (χ1v) is 3.95. The standard InChI is InChI=1S/C8H16N2O2/c1-2-3-4-10-5-6-12-7-8(9)11/h2,10H,1,3-7H2,(H2,9,11). The number of nitrogens with two attached hydrogens (primary N) is 1. The fraction of sp³-hybridized carbons (Fsp3) is 0.625. The second-order valence-corrected chi connectivity index (χ2v) is 2.35. The highest BCUT2D eigenvalue weighted by atomic mass is 16.5. The van der Waals surface area contributed by atoms with Gasteiger partial charge in [-0.15, -0.1) is 6.58 Å². The minimum Gasteiger partial charge on any atom is -0.370 e. The summed E-state index contributed by atoms with van der Waals surface area (Å²) in [5, 5.41) is 3.11. The molecule has 0 aliphatic heterocycles. The van der Waals surface area contributed by atoms with Crippen LogP contribution in [0.25, 0.3) is 0 Å². The van der Waals surface area contributed by atoms with E-state index in [1.165, 1.54) is 0 Å². The summed E-state index contributed by atoms with van der Waals surface area (Å²) in [6.07, 6.45) is 2.78. The van der Waals surface area contributed by atoms with Gasteiger partial charge < -0.3 is 15.8 Å². The second kappa shape index (κ2) is 8.23. The number of nitrogens with one attached hydrogen (secondary N) is 1. The SMILES string of the molecule is C=CCCNCCOCC(N)=O. The van der Waals surface area contributed by atoms with Crippen molar-refractivity contribution in [1.82, 2.24) is 5.32 Å². The van der Waals surface area contributed by atoms with E-state index in [1.54, 1.807) is 0 Å². The first-order valence-electron chi connectivity index (χ1n) is 3.95. The van der Waals surface area contributed by atoms with Gasteiger partial charge in [-0.3, -0.25) is 4.79 Å². The minimum absolute atomic E-state index is 0.00311. The van der Waals surface area contributed by atoms with E-state index in [9.17, 15) is 4.79 Å². The number of amides is 1. The molecule has 12 heavy (non-hydrogen) atoms. The number of ether oxygens (including phenoxy) is 1. The summed E-state index contributed by atoms with van der Waals surface area (Å²) < 4.78 is 4.91. The van der Waals surface area contributed by atoms with Gasteiger partial charge >= 0.3 is 0 Å². The molecule has 0 bridgehead atoms. The van der Waals surface area contributed by atoms with Gasteiger partial charge in [0, 0.05) is 6.54 Å². The van der Waals surface area contributed by atoms with Gasteiger partial charge in [0.2, 0.25) is 5.91 Å². The van der Waals surface area contributed by atoms with Crippen molar-refractivity contribution in [3.63, 3.8) is 0 Å². The summed E-state index contributed by atoms with van der Waals surface area (Å²) in [5.74, 6) is -0.430. The third-order valence-electron chi connectivity index (χ3n) is 1.19. The first kappa shape index (κ1) is 11.1. The van der Waals surface area contributed by atoms with Gasteiger partial charge in [-0.2, -0.15) is 0 Å². The van der Waals surface area contributed by atoms with E-state index in [2.05, 4.69) is 11.9 Å². The molecule has 3 N–H and O–H groups in total. The lowest BCUT2D eigenvalue weighted by atomic mass is 10.4. The van der Waals surface area contributed by atoms with Crippen LogP contribution in [-0.2, 0) is 9.53 Å². The molecular formula is C8H16N2O2. The van der Waals surface area contributed by atoms with E-state index in [1.807, 2.05) is 6.08 Å². The molecule has 4 nitrogen and oxygen atoms in total. The topological polar surface area (TPSA) is 64.3 Å². The van der Waals surface area contributed by atoms with Crippen LogP contribution >= 0.6 is 0 Å². The fourth-order valence-corrected chi connectivity index (χ4v) is 0.646. The molecular weight excluding hydrogens is 156 g/mol. The minimum atomic E-state index is -0.430. The molecule has 70 valence electrons. The maximum Gasteiger partial charge on any atom is 0.243 e. The average molecular weight is 172 g/mol. The van der Waals surface area contributed by atoms with Crippen LogP contribution in [0.4, 0.5) is 0 Å². The van der Waals surface area contributed by atoms with E-state index in [-0.39, 0.29) is 6.61 Å². The Morgan fingerprint density at radius 2 is 2.33 bits per heavy atom. The first-order chi connectivity index (χ1) is 5.77. The van der Waals surface area contributed by atoms with E-state index >= 15 is 0 Å². The Hall–Kier alpha value is -0.870. The summed E-state index contributed by atoms with van der Waals surface area (Å²) in [7, 11) is 0. The number of primary amides is 1. The Kier molecular flexibility index (Phi) is 7.63. The van der Waals surface area contributed by atoms with Crippen LogP contribution in [0.15, 0.2) is 12.7 Å². The number of carbonyl (C=O) groups excluding carboxylic acids is 1. The monoisotopic (exact) mass is 172 g/mol. The maximum absolute atomic E-state index is 10.2. The van der Waals surface area contributed by atoms with E-state index in [0.29, 0.717) is 6.61 Å². The van der Waals surface area contributed by atoms with Gasteiger partial charge in [0.15, 0.2) is 0 Å². The number of hydrogen-bond acceptors (Lipinski definition) is 3. The Bertz CT molecular complexity index is 137. The lowest BCUT2D eigenvalue weighted by molar-refractivity contribution is -0.122. The van der Waals surface area contributed by atoms with Crippen molar-refractivity contribution < 1.29 is 9.53 Å². The molecule has 0 aromatic rings. The molecule has 0 radical (unpaired) electrons. The van der Waals surface area contributed by atoms with Crippen molar-refractivity contribution in [1.29, 1.82) is 0 Å². The Balaban J connectivity index is 2.90. The summed E-state index contributed by atoms with van der Waals surface area (Å²) in [4.78, 5) is 10.2. The number of rotatable bonds is 8. The van der Waals surface area contributed by atoms with Gasteiger partial charge in [0.25, 0.3) is 0 Å². The molecule has 0 unspecified atom stereocenters. The molecule has 0 aromatic heterocycles. The zero-order valence-electron chi connectivity index (χ0n) is 7.21. The van der Waals surface area contributed by atoms with Crippen LogP contribution in [0.3, 0.4) is 0 Å². The van der Waals surface area contributed by atoms with E-state index < -0.39 is 5.91 Å². The molecule has 0 fully saturated rings. The summed E-state index contributed by atoms with van der Waals surface area (Å²) >= 11 is 0. The van der Waals surface area contributed by atoms with Gasteiger partial charge in [-0.1, -0.05) is 6.08 Å². The van der Waals surface area contributed by atoms with E-state index in [4.69, 9.17) is 10.5 Å². The highest BCUT2D eigenvalue weighted by molar-refractivity contribution is 5.74. The quantitative estimate of drug-likeness (QED) is 0.388. The Morgan fingerprint density at radius 1 is 1.58 bits per heavy atom. The molecule has 0 heterocycles. The van der Waals surface area contributed by atoms with Crippen molar-refractivity contribution in [2.75, 3.05) is 26.3 Å². The molecule has 0 aliphatic rings. The smallest absolute Gasteiger partial charge is 0.243 e.